The quantitative estimate of drug-likeness (QED) is 0.301. The topological polar surface area (TPSA) is 69.0 Å². The largest absolute Gasteiger partial charge is 0.383 e. The molecule has 0 amide bonds. The van der Waals surface area contributed by atoms with Gasteiger partial charge in [-0.15, -0.1) is 0 Å². The molecule has 6 nitrogen and oxygen atoms in total. The van der Waals surface area contributed by atoms with Gasteiger partial charge >= 0.3 is 0 Å². The lowest BCUT2D eigenvalue weighted by molar-refractivity contribution is 0.0179. The van der Waals surface area contributed by atoms with Crippen molar-refractivity contribution in [2.45, 2.75) is 40.2 Å². The fraction of sp³-hybridized carbons (Fsp3) is 0.571. The molecule has 2 aromatic carbocycles. The second-order valence-electron chi connectivity index (χ2n) is 7.88. The zero-order chi connectivity index (χ0) is 26.8. The number of hydrogen-bond acceptors (Lipinski definition) is 6. The van der Waals surface area contributed by atoms with Gasteiger partial charge in [0.05, 0.1) is 39.6 Å². The highest BCUT2D eigenvalue weighted by atomic mass is 35.5. The van der Waals surface area contributed by atoms with Crippen LogP contribution in [0.2, 0.25) is 10.0 Å². The van der Waals surface area contributed by atoms with Gasteiger partial charge in [0.2, 0.25) is 0 Å². The molecule has 0 saturated heterocycles. The van der Waals surface area contributed by atoms with Crippen LogP contribution in [0.3, 0.4) is 0 Å². The summed E-state index contributed by atoms with van der Waals surface area (Å²) in [5, 5.41) is 4.86. The molecule has 0 aromatic heterocycles. The molecular weight excluding hydrogens is 497 g/mol. The SMILES string of the molecule is CC.CC.CN1Cc2c(Cl)cc(Cl)cc2C(c2cccc(NCCOCCOCCOCCN)c2)C1. The van der Waals surface area contributed by atoms with Gasteiger partial charge in [0, 0.05) is 47.8 Å². The predicted octanol–water partition coefficient (Wildman–Crippen LogP) is 6.04. The summed E-state index contributed by atoms with van der Waals surface area (Å²) >= 11 is 12.8. The van der Waals surface area contributed by atoms with Crippen LogP contribution in [0.5, 0.6) is 0 Å². The van der Waals surface area contributed by atoms with E-state index in [0.29, 0.717) is 51.2 Å². The lowest BCUT2D eigenvalue weighted by Crippen LogP contribution is -2.31. The molecular formula is C28H45Cl2N3O3. The average Bonchev–Trinajstić information content (AvgIpc) is 2.90. The van der Waals surface area contributed by atoms with Crippen LogP contribution >= 0.6 is 23.2 Å². The van der Waals surface area contributed by atoms with Crippen molar-refractivity contribution in [2.24, 2.45) is 5.73 Å². The molecule has 2 aromatic rings. The van der Waals surface area contributed by atoms with Crippen molar-refractivity contribution in [1.29, 1.82) is 0 Å². The number of anilines is 1. The van der Waals surface area contributed by atoms with E-state index in [1.54, 1.807) is 0 Å². The minimum absolute atomic E-state index is 0.226. The van der Waals surface area contributed by atoms with Crippen molar-refractivity contribution in [3.63, 3.8) is 0 Å². The van der Waals surface area contributed by atoms with E-state index in [9.17, 15) is 0 Å². The Kier molecular flexibility index (Phi) is 17.9. The summed E-state index contributed by atoms with van der Waals surface area (Å²) in [5.41, 5.74) is 10.1. The zero-order valence-corrected chi connectivity index (χ0v) is 24.1. The van der Waals surface area contributed by atoms with Crippen molar-refractivity contribution in [1.82, 2.24) is 4.90 Å². The number of nitrogens with zero attached hydrogens (tertiary/aromatic N) is 1. The van der Waals surface area contributed by atoms with Gasteiger partial charge in [-0.25, -0.2) is 0 Å². The number of likely N-dealkylation sites (N-methyl/N-ethyl adjacent to an activating group) is 1. The molecule has 8 heteroatoms. The Hall–Kier alpha value is -1.38. The first-order valence-electron chi connectivity index (χ1n) is 13.0. The highest BCUT2D eigenvalue weighted by molar-refractivity contribution is 6.35. The molecule has 0 spiro atoms. The van der Waals surface area contributed by atoms with Gasteiger partial charge in [0.15, 0.2) is 0 Å². The van der Waals surface area contributed by atoms with E-state index in [1.807, 2.05) is 33.8 Å². The van der Waals surface area contributed by atoms with Crippen LogP contribution in [0, 0.1) is 0 Å². The van der Waals surface area contributed by atoms with Gasteiger partial charge in [-0.2, -0.15) is 0 Å². The van der Waals surface area contributed by atoms with Gasteiger partial charge in [-0.3, -0.25) is 0 Å². The number of ether oxygens (including phenoxy) is 3. The van der Waals surface area contributed by atoms with Gasteiger partial charge in [0.1, 0.15) is 0 Å². The summed E-state index contributed by atoms with van der Waals surface area (Å²) in [5.74, 6) is 0.226. The summed E-state index contributed by atoms with van der Waals surface area (Å²) in [6.07, 6.45) is 0. The third-order valence-corrected chi connectivity index (χ3v) is 5.92. The maximum atomic E-state index is 6.50. The summed E-state index contributed by atoms with van der Waals surface area (Å²) in [6, 6.07) is 12.4. The van der Waals surface area contributed by atoms with Crippen LogP contribution < -0.4 is 11.1 Å². The van der Waals surface area contributed by atoms with Crippen molar-refractivity contribution in [2.75, 3.05) is 71.6 Å². The standard InChI is InChI=1S/C24H33Cl2N3O3.2C2H6/c1-29-16-22(21-14-19(25)15-24(26)23(21)17-29)18-3-2-4-20(13-18)28-6-8-31-10-12-32-11-9-30-7-5-27;2*1-2/h2-4,13-15,22,28H,5-12,16-17,27H2,1H3;2*1-2H3. The minimum Gasteiger partial charge on any atom is -0.383 e. The predicted molar refractivity (Wildman–Crippen MR) is 154 cm³/mol. The number of hydrogen-bond donors (Lipinski definition) is 2. The number of nitrogens with one attached hydrogen (secondary N) is 1. The number of nitrogens with two attached hydrogens (primary N) is 1. The Bertz CT molecular complexity index is 855. The molecule has 0 saturated carbocycles. The van der Waals surface area contributed by atoms with Crippen molar-refractivity contribution in [3.8, 4) is 0 Å². The number of rotatable bonds is 13. The molecule has 0 bridgehead atoms. The molecule has 3 N–H and O–H groups in total. The first-order chi connectivity index (χ1) is 17.6. The van der Waals surface area contributed by atoms with Gasteiger partial charge < -0.3 is 30.2 Å². The summed E-state index contributed by atoms with van der Waals surface area (Å²) in [4.78, 5) is 2.30. The minimum atomic E-state index is 0.226. The van der Waals surface area contributed by atoms with Gasteiger partial charge in [0.25, 0.3) is 0 Å². The van der Waals surface area contributed by atoms with Crippen molar-refractivity contribution in [3.05, 3.63) is 63.1 Å². The van der Waals surface area contributed by atoms with E-state index in [2.05, 4.69) is 47.6 Å². The summed E-state index contributed by atoms with van der Waals surface area (Å²) < 4.78 is 16.3. The van der Waals surface area contributed by atoms with Gasteiger partial charge in [-0.05, 0) is 48.0 Å². The molecule has 0 fully saturated rings. The Labute approximate surface area is 228 Å². The van der Waals surface area contributed by atoms with Crippen LogP contribution in [-0.2, 0) is 20.8 Å². The van der Waals surface area contributed by atoms with E-state index in [0.717, 1.165) is 35.9 Å². The summed E-state index contributed by atoms with van der Waals surface area (Å²) in [7, 11) is 2.12. The first-order valence-corrected chi connectivity index (χ1v) is 13.8. The second-order valence-corrected chi connectivity index (χ2v) is 8.73. The normalized spacial score (nSPS) is 14.7. The second kappa shape index (κ2) is 19.7. The monoisotopic (exact) mass is 541 g/mol. The van der Waals surface area contributed by atoms with Crippen molar-refractivity contribution < 1.29 is 14.2 Å². The van der Waals surface area contributed by atoms with Crippen molar-refractivity contribution >= 4 is 28.9 Å². The first kappa shape index (κ1) is 32.6. The lowest BCUT2D eigenvalue weighted by Gasteiger charge is -2.33. The highest BCUT2D eigenvalue weighted by Gasteiger charge is 2.27. The van der Waals surface area contributed by atoms with E-state index >= 15 is 0 Å². The van der Waals surface area contributed by atoms with E-state index in [4.69, 9.17) is 43.1 Å². The van der Waals surface area contributed by atoms with Crippen LogP contribution in [0.15, 0.2) is 36.4 Å². The third-order valence-electron chi connectivity index (χ3n) is 5.36. The molecule has 1 heterocycles. The molecule has 1 atom stereocenters. The fourth-order valence-electron chi connectivity index (χ4n) is 3.89. The highest BCUT2D eigenvalue weighted by Crippen LogP contribution is 2.38. The van der Waals surface area contributed by atoms with Crippen LogP contribution in [0.25, 0.3) is 0 Å². The molecule has 1 aliphatic rings. The Morgan fingerprint density at radius 3 is 2.22 bits per heavy atom. The zero-order valence-electron chi connectivity index (χ0n) is 22.6. The summed E-state index contributed by atoms with van der Waals surface area (Å²) in [6.45, 7) is 14.4. The number of halogens is 2. The Morgan fingerprint density at radius 1 is 0.917 bits per heavy atom. The van der Waals surface area contributed by atoms with Crippen LogP contribution in [-0.4, -0.2) is 71.2 Å². The average molecular weight is 543 g/mol. The maximum Gasteiger partial charge on any atom is 0.0701 e. The molecule has 3 rings (SSSR count). The molecule has 204 valence electrons. The smallest absolute Gasteiger partial charge is 0.0701 e. The number of benzene rings is 2. The van der Waals surface area contributed by atoms with E-state index < -0.39 is 0 Å². The molecule has 36 heavy (non-hydrogen) atoms. The molecule has 1 unspecified atom stereocenters. The third kappa shape index (κ3) is 11.3. The molecule has 1 aliphatic heterocycles. The van der Waals surface area contributed by atoms with Crippen LogP contribution in [0.4, 0.5) is 5.69 Å². The van der Waals surface area contributed by atoms with E-state index in [-0.39, 0.29) is 5.92 Å². The lowest BCUT2D eigenvalue weighted by atomic mass is 9.84. The number of fused-ring (bicyclic) bond motifs is 1. The molecule has 0 radical (unpaired) electrons. The van der Waals surface area contributed by atoms with Crippen LogP contribution in [0.1, 0.15) is 50.3 Å². The van der Waals surface area contributed by atoms with E-state index in [1.165, 1.54) is 11.1 Å². The molecule has 0 aliphatic carbocycles. The Balaban J connectivity index is 0.00000154. The van der Waals surface area contributed by atoms with Gasteiger partial charge in [-0.1, -0.05) is 63.0 Å². The fourth-order valence-corrected chi connectivity index (χ4v) is 4.46. The Morgan fingerprint density at radius 2 is 1.56 bits per heavy atom. The maximum absolute atomic E-state index is 6.50.